The molecule has 1 aliphatic rings. The van der Waals surface area contributed by atoms with Crippen LogP contribution in [0.1, 0.15) is 6.42 Å². The Kier molecular flexibility index (Phi) is 5.95. The summed E-state index contributed by atoms with van der Waals surface area (Å²) in [7, 11) is 3.17. The molecule has 0 aliphatic carbocycles. The van der Waals surface area contributed by atoms with Crippen molar-refractivity contribution in [2.75, 3.05) is 44.2 Å². The molecule has 0 bridgehead atoms. The van der Waals surface area contributed by atoms with Crippen molar-refractivity contribution in [2.45, 2.75) is 6.42 Å². The fourth-order valence-corrected chi connectivity index (χ4v) is 5.42. The van der Waals surface area contributed by atoms with E-state index in [1.165, 1.54) is 27.4 Å². The molecule has 1 fully saturated rings. The number of thiophene rings is 1. The lowest BCUT2D eigenvalue weighted by Crippen LogP contribution is -2.46. The summed E-state index contributed by atoms with van der Waals surface area (Å²) >= 11 is 1.80. The number of anilines is 1. The van der Waals surface area contributed by atoms with Crippen molar-refractivity contribution in [3.8, 4) is 5.75 Å². The van der Waals surface area contributed by atoms with Crippen molar-refractivity contribution in [1.82, 2.24) is 14.0 Å². The molecule has 0 spiro atoms. The SMILES string of the molecule is Cn1c(=O)c2cc(OCCCN3CCN(c4cccc5sccc45)CC3)ccc2n(C)c1=O. The number of aryl methyl sites for hydroxylation is 1. The first-order chi connectivity index (χ1) is 16.0. The average Bonchev–Trinajstić information content (AvgIpc) is 3.33. The standard InChI is InChI=1S/C25H28N4O3S/c1-26-21-8-7-18(17-20(21)24(30)27(2)25(26)31)32-15-4-10-28-11-13-29(14-12-28)22-5-3-6-23-19(22)9-16-33-23/h3,5-9,16-17H,4,10-15H2,1-2H3. The second kappa shape index (κ2) is 9.03. The van der Waals surface area contributed by atoms with Crippen molar-refractivity contribution < 1.29 is 4.74 Å². The summed E-state index contributed by atoms with van der Waals surface area (Å²) in [5.74, 6) is 0.659. The minimum atomic E-state index is -0.326. The molecule has 0 unspecified atom stereocenters. The fraction of sp³-hybridized carbons (Fsp3) is 0.360. The third-order valence-electron chi connectivity index (χ3n) is 6.51. The maximum absolute atomic E-state index is 12.5. The summed E-state index contributed by atoms with van der Waals surface area (Å²) in [5.41, 5.74) is 1.34. The first-order valence-electron chi connectivity index (χ1n) is 11.3. The van der Waals surface area contributed by atoms with E-state index in [1.807, 2.05) is 6.07 Å². The lowest BCUT2D eigenvalue weighted by atomic mass is 10.2. The predicted octanol–water partition coefficient (Wildman–Crippen LogP) is 3.04. The molecule has 4 aromatic rings. The van der Waals surface area contributed by atoms with Gasteiger partial charge in [0.25, 0.3) is 5.56 Å². The zero-order valence-corrected chi connectivity index (χ0v) is 19.8. The molecular formula is C25H28N4O3S. The summed E-state index contributed by atoms with van der Waals surface area (Å²) in [6, 6.07) is 14.1. The topological polar surface area (TPSA) is 59.7 Å². The van der Waals surface area contributed by atoms with Crippen molar-refractivity contribution >= 4 is 38.0 Å². The number of hydrogen-bond donors (Lipinski definition) is 0. The van der Waals surface area contributed by atoms with Gasteiger partial charge in [0.05, 0.1) is 17.5 Å². The molecule has 2 aromatic carbocycles. The summed E-state index contributed by atoms with van der Waals surface area (Å²) in [4.78, 5) is 29.5. The first kappa shape index (κ1) is 21.7. The summed E-state index contributed by atoms with van der Waals surface area (Å²) in [6.45, 7) is 5.72. The normalized spacial score (nSPS) is 14.9. The summed E-state index contributed by atoms with van der Waals surface area (Å²) in [5, 5.41) is 4.02. The van der Waals surface area contributed by atoms with Crippen LogP contribution in [0.3, 0.4) is 0 Å². The number of hydrogen-bond acceptors (Lipinski definition) is 6. The molecule has 1 aliphatic heterocycles. The Hall–Kier alpha value is -3.10. The van der Waals surface area contributed by atoms with Crippen LogP contribution in [0.15, 0.2) is 57.4 Å². The van der Waals surface area contributed by atoms with E-state index in [-0.39, 0.29) is 11.2 Å². The monoisotopic (exact) mass is 464 g/mol. The van der Waals surface area contributed by atoms with E-state index in [2.05, 4.69) is 39.4 Å². The number of benzene rings is 2. The number of fused-ring (bicyclic) bond motifs is 2. The molecule has 8 heteroatoms. The van der Waals surface area contributed by atoms with Crippen LogP contribution < -0.4 is 20.9 Å². The molecule has 0 N–H and O–H groups in total. The molecular weight excluding hydrogens is 436 g/mol. The Bertz CT molecular complexity index is 1410. The van der Waals surface area contributed by atoms with E-state index in [4.69, 9.17) is 4.74 Å². The van der Waals surface area contributed by atoms with Gasteiger partial charge in [0.1, 0.15) is 5.75 Å². The molecule has 5 rings (SSSR count). The van der Waals surface area contributed by atoms with E-state index >= 15 is 0 Å². The van der Waals surface area contributed by atoms with Crippen LogP contribution in [0, 0.1) is 0 Å². The van der Waals surface area contributed by atoms with E-state index in [0.29, 0.717) is 23.3 Å². The van der Waals surface area contributed by atoms with Gasteiger partial charge in [-0.1, -0.05) is 6.07 Å². The lowest BCUT2D eigenvalue weighted by molar-refractivity contribution is 0.225. The summed E-state index contributed by atoms with van der Waals surface area (Å²) < 4.78 is 9.89. The van der Waals surface area contributed by atoms with Gasteiger partial charge < -0.3 is 9.64 Å². The molecule has 3 heterocycles. The van der Waals surface area contributed by atoms with Crippen LogP contribution in [0.2, 0.25) is 0 Å². The van der Waals surface area contributed by atoms with Crippen molar-refractivity contribution in [3.63, 3.8) is 0 Å². The average molecular weight is 465 g/mol. The lowest BCUT2D eigenvalue weighted by Gasteiger charge is -2.36. The maximum atomic E-state index is 12.5. The molecule has 33 heavy (non-hydrogen) atoms. The smallest absolute Gasteiger partial charge is 0.330 e. The Morgan fingerprint density at radius 3 is 2.58 bits per heavy atom. The maximum Gasteiger partial charge on any atom is 0.330 e. The Labute approximate surface area is 196 Å². The highest BCUT2D eigenvalue weighted by Gasteiger charge is 2.18. The van der Waals surface area contributed by atoms with Crippen LogP contribution in [0.4, 0.5) is 5.69 Å². The van der Waals surface area contributed by atoms with E-state index in [0.717, 1.165) is 43.7 Å². The van der Waals surface area contributed by atoms with Gasteiger partial charge in [0.2, 0.25) is 0 Å². The van der Waals surface area contributed by atoms with E-state index in [1.54, 1.807) is 30.5 Å². The Morgan fingerprint density at radius 1 is 0.939 bits per heavy atom. The van der Waals surface area contributed by atoms with Gasteiger partial charge in [-0.2, -0.15) is 0 Å². The first-order valence-corrected chi connectivity index (χ1v) is 12.2. The Balaban J connectivity index is 1.14. The second-order valence-electron chi connectivity index (χ2n) is 8.52. The minimum absolute atomic E-state index is 0.297. The van der Waals surface area contributed by atoms with Gasteiger partial charge in [-0.3, -0.25) is 18.8 Å². The zero-order chi connectivity index (χ0) is 22.9. The fourth-order valence-electron chi connectivity index (χ4n) is 4.61. The minimum Gasteiger partial charge on any atom is -0.494 e. The quantitative estimate of drug-likeness (QED) is 0.411. The summed E-state index contributed by atoms with van der Waals surface area (Å²) in [6.07, 6.45) is 0.920. The van der Waals surface area contributed by atoms with Crippen LogP contribution in [0.25, 0.3) is 21.0 Å². The number of nitrogens with zero attached hydrogens (tertiary/aromatic N) is 4. The molecule has 2 aromatic heterocycles. The highest BCUT2D eigenvalue weighted by Crippen LogP contribution is 2.31. The third-order valence-corrected chi connectivity index (χ3v) is 7.39. The van der Waals surface area contributed by atoms with Crippen LogP contribution >= 0.6 is 11.3 Å². The van der Waals surface area contributed by atoms with Crippen LogP contribution in [0.5, 0.6) is 5.75 Å². The Morgan fingerprint density at radius 2 is 1.76 bits per heavy atom. The number of ether oxygens (including phenoxy) is 1. The molecule has 0 amide bonds. The van der Waals surface area contributed by atoms with Gasteiger partial charge in [-0.15, -0.1) is 11.3 Å². The van der Waals surface area contributed by atoms with Crippen LogP contribution in [-0.4, -0.2) is 53.4 Å². The van der Waals surface area contributed by atoms with Gasteiger partial charge in [-0.25, -0.2) is 4.79 Å². The highest BCUT2D eigenvalue weighted by atomic mass is 32.1. The van der Waals surface area contributed by atoms with E-state index in [9.17, 15) is 9.59 Å². The van der Waals surface area contributed by atoms with Crippen molar-refractivity contribution in [2.24, 2.45) is 14.1 Å². The zero-order valence-electron chi connectivity index (χ0n) is 19.0. The highest BCUT2D eigenvalue weighted by molar-refractivity contribution is 7.17. The molecule has 172 valence electrons. The molecule has 1 saturated heterocycles. The van der Waals surface area contributed by atoms with Crippen LogP contribution in [-0.2, 0) is 14.1 Å². The molecule has 0 atom stereocenters. The van der Waals surface area contributed by atoms with Crippen molar-refractivity contribution in [3.05, 3.63) is 68.7 Å². The molecule has 7 nitrogen and oxygen atoms in total. The number of aromatic nitrogens is 2. The van der Waals surface area contributed by atoms with Crippen molar-refractivity contribution in [1.29, 1.82) is 0 Å². The van der Waals surface area contributed by atoms with Gasteiger partial charge in [-0.05, 0) is 48.2 Å². The van der Waals surface area contributed by atoms with Gasteiger partial charge >= 0.3 is 5.69 Å². The van der Waals surface area contributed by atoms with Gasteiger partial charge in [0.15, 0.2) is 0 Å². The van der Waals surface area contributed by atoms with Gasteiger partial charge in [0, 0.05) is 62.6 Å². The third kappa shape index (κ3) is 4.16. The van der Waals surface area contributed by atoms with E-state index < -0.39 is 0 Å². The number of rotatable bonds is 6. The molecule has 0 radical (unpaired) electrons. The largest absolute Gasteiger partial charge is 0.494 e. The second-order valence-corrected chi connectivity index (χ2v) is 9.47. The number of piperazine rings is 1. The molecule has 0 saturated carbocycles. The predicted molar refractivity (Wildman–Crippen MR) is 135 cm³/mol.